The Morgan fingerprint density at radius 3 is 2.42 bits per heavy atom. The van der Waals surface area contributed by atoms with Crippen molar-refractivity contribution in [1.82, 2.24) is 4.90 Å². The lowest BCUT2D eigenvalue weighted by molar-refractivity contribution is -0.148. The van der Waals surface area contributed by atoms with E-state index in [1.165, 1.54) is 0 Å². The highest BCUT2D eigenvalue weighted by atomic mass is 16.6. The summed E-state index contributed by atoms with van der Waals surface area (Å²) in [7, 11) is 0. The standard InChI is InChI=1S/C14H21NO4/c1-13(2,3)19-12(18)15-7-8-6-9(15)10(8)14(4-5-14)11(16)17/h8-10H,4-7H2,1-3H3,(H,16,17)/t8-,9-,10?/m0/s1. The number of hydrogen-bond donors (Lipinski definition) is 1. The Morgan fingerprint density at radius 1 is 1.32 bits per heavy atom. The van der Waals surface area contributed by atoms with Crippen LogP contribution in [0.15, 0.2) is 0 Å². The van der Waals surface area contributed by atoms with E-state index in [0.717, 1.165) is 19.3 Å². The van der Waals surface area contributed by atoms with Crippen LogP contribution in [-0.4, -0.2) is 40.3 Å². The van der Waals surface area contributed by atoms with Crippen molar-refractivity contribution >= 4 is 12.1 Å². The molecular weight excluding hydrogens is 246 g/mol. The van der Waals surface area contributed by atoms with Crippen molar-refractivity contribution in [3.05, 3.63) is 0 Å². The van der Waals surface area contributed by atoms with Crippen molar-refractivity contribution in [1.29, 1.82) is 0 Å². The van der Waals surface area contributed by atoms with Crippen LogP contribution in [0.5, 0.6) is 0 Å². The van der Waals surface area contributed by atoms with Gasteiger partial charge in [-0.2, -0.15) is 0 Å². The number of carboxylic acids is 1. The molecule has 2 bridgehead atoms. The van der Waals surface area contributed by atoms with Crippen molar-refractivity contribution < 1.29 is 19.4 Å². The molecule has 106 valence electrons. The number of aliphatic carboxylic acids is 1. The topological polar surface area (TPSA) is 66.8 Å². The molecule has 2 aliphatic heterocycles. The lowest BCUT2D eigenvalue weighted by Gasteiger charge is -2.40. The van der Waals surface area contributed by atoms with Gasteiger partial charge in [0.15, 0.2) is 0 Å². The van der Waals surface area contributed by atoms with Crippen molar-refractivity contribution in [2.75, 3.05) is 6.54 Å². The van der Waals surface area contributed by atoms with Crippen LogP contribution >= 0.6 is 0 Å². The maximum atomic E-state index is 12.1. The first kappa shape index (κ1) is 12.8. The highest BCUT2D eigenvalue weighted by molar-refractivity contribution is 5.79. The average Bonchev–Trinajstić information content (AvgIpc) is 2.76. The number of fused-ring (bicyclic) bond motifs is 1. The van der Waals surface area contributed by atoms with E-state index in [4.69, 9.17) is 4.74 Å². The van der Waals surface area contributed by atoms with Crippen molar-refractivity contribution in [2.24, 2.45) is 17.3 Å². The number of carboxylic acid groups (broad SMARTS) is 1. The second kappa shape index (κ2) is 3.64. The Morgan fingerprint density at radius 2 is 1.95 bits per heavy atom. The Kier molecular flexibility index (Phi) is 2.45. The van der Waals surface area contributed by atoms with Crippen LogP contribution in [0.3, 0.4) is 0 Å². The van der Waals surface area contributed by atoms with Crippen LogP contribution in [0.25, 0.3) is 0 Å². The van der Waals surface area contributed by atoms with Gasteiger partial charge in [0.05, 0.1) is 5.41 Å². The molecule has 19 heavy (non-hydrogen) atoms. The van der Waals surface area contributed by atoms with Crippen LogP contribution in [-0.2, 0) is 9.53 Å². The molecule has 0 spiro atoms. The molecule has 2 heterocycles. The molecule has 0 aromatic carbocycles. The minimum Gasteiger partial charge on any atom is -0.481 e. The number of ether oxygens (including phenoxy) is 1. The smallest absolute Gasteiger partial charge is 0.410 e. The molecule has 2 aliphatic carbocycles. The average molecular weight is 267 g/mol. The predicted molar refractivity (Wildman–Crippen MR) is 67.6 cm³/mol. The summed E-state index contributed by atoms with van der Waals surface area (Å²) in [5.74, 6) is -0.174. The van der Waals surface area contributed by atoms with E-state index in [1.807, 2.05) is 20.8 Å². The maximum absolute atomic E-state index is 12.1. The van der Waals surface area contributed by atoms with E-state index in [2.05, 4.69) is 0 Å². The van der Waals surface area contributed by atoms with E-state index < -0.39 is 17.0 Å². The summed E-state index contributed by atoms with van der Waals surface area (Å²) < 4.78 is 5.40. The zero-order valence-electron chi connectivity index (χ0n) is 11.7. The van der Waals surface area contributed by atoms with Gasteiger partial charge in [0.2, 0.25) is 0 Å². The summed E-state index contributed by atoms with van der Waals surface area (Å²) >= 11 is 0. The number of hydrogen-bond acceptors (Lipinski definition) is 3. The van der Waals surface area contributed by atoms with Crippen LogP contribution in [0.2, 0.25) is 0 Å². The van der Waals surface area contributed by atoms with Gasteiger partial charge in [-0.25, -0.2) is 4.79 Å². The molecule has 1 N–H and O–H groups in total. The van der Waals surface area contributed by atoms with Gasteiger partial charge in [-0.15, -0.1) is 0 Å². The van der Waals surface area contributed by atoms with Crippen LogP contribution in [0, 0.1) is 17.3 Å². The minimum absolute atomic E-state index is 0.0819. The molecule has 0 aromatic rings. The van der Waals surface area contributed by atoms with Gasteiger partial charge in [-0.05, 0) is 46.0 Å². The highest BCUT2D eigenvalue weighted by Gasteiger charge is 2.69. The van der Waals surface area contributed by atoms with Crippen LogP contribution in [0.1, 0.15) is 40.0 Å². The molecule has 3 atom stereocenters. The van der Waals surface area contributed by atoms with Gasteiger partial charge in [-0.1, -0.05) is 0 Å². The first-order valence-electron chi connectivity index (χ1n) is 6.98. The summed E-state index contributed by atoms with van der Waals surface area (Å²) in [6.45, 7) is 6.21. The predicted octanol–water partition coefficient (Wildman–Crippen LogP) is 2.11. The number of amides is 1. The molecule has 1 amide bonds. The van der Waals surface area contributed by atoms with Crippen LogP contribution in [0.4, 0.5) is 4.79 Å². The largest absolute Gasteiger partial charge is 0.481 e. The number of nitrogens with zero attached hydrogens (tertiary/aromatic N) is 1. The molecular formula is C14H21NO4. The maximum Gasteiger partial charge on any atom is 0.410 e. The summed E-state index contributed by atoms with van der Waals surface area (Å²) in [6.07, 6.45) is 2.19. The number of carbonyl (C=O) groups excluding carboxylic acids is 1. The van der Waals surface area contributed by atoms with Crippen molar-refractivity contribution in [3.8, 4) is 0 Å². The lowest BCUT2D eigenvalue weighted by Crippen LogP contribution is -2.48. The fourth-order valence-corrected chi connectivity index (χ4v) is 3.79. The van der Waals surface area contributed by atoms with Gasteiger partial charge in [0.25, 0.3) is 0 Å². The third-order valence-corrected chi connectivity index (χ3v) is 4.78. The fourth-order valence-electron chi connectivity index (χ4n) is 3.79. The molecule has 1 unspecified atom stereocenters. The molecule has 2 saturated carbocycles. The summed E-state index contributed by atoms with van der Waals surface area (Å²) in [5, 5.41) is 9.38. The number of carbonyl (C=O) groups is 2. The van der Waals surface area contributed by atoms with Gasteiger partial charge in [-0.3, -0.25) is 4.79 Å². The molecule has 4 aliphatic rings. The molecule has 0 radical (unpaired) electrons. The Bertz CT molecular complexity index is 435. The summed E-state index contributed by atoms with van der Waals surface area (Å²) in [6, 6.07) is 0.0819. The third-order valence-electron chi connectivity index (χ3n) is 4.78. The van der Waals surface area contributed by atoms with E-state index in [1.54, 1.807) is 4.90 Å². The normalized spacial score (nSPS) is 34.7. The Labute approximate surface area is 112 Å². The monoisotopic (exact) mass is 267 g/mol. The number of rotatable bonds is 2. The fraction of sp³-hybridized carbons (Fsp3) is 0.857. The van der Waals surface area contributed by atoms with E-state index in [-0.39, 0.29) is 18.1 Å². The van der Waals surface area contributed by atoms with Gasteiger partial charge < -0.3 is 14.7 Å². The molecule has 2 saturated heterocycles. The summed E-state index contributed by atoms with van der Waals surface area (Å²) in [5.41, 5.74) is -1.03. The third kappa shape index (κ3) is 1.82. The van der Waals surface area contributed by atoms with Crippen LogP contribution < -0.4 is 0 Å². The zero-order chi connectivity index (χ0) is 14.0. The summed E-state index contributed by atoms with van der Waals surface area (Å²) in [4.78, 5) is 25.3. The van der Waals surface area contributed by atoms with E-state index in [0.29, 0.717) is 12.5 Å². The highest BCUT2D eigenvalue weighted by Crippen LogP contribution is 2.64. The van der Waals surface area contributed by atoms with Crippen molar-refractivity contribution in [2.45, 2.75) is 51.7 Å². The Balaban J connectivity index is 1.70. The van der Waals surface area contributed by atoms with Gasteiger partial charge in [0, 0.05) is 18.5 Å². The zero-order valence-corrected chi connectivity index (χ0v) is 11.7. The molecule has 5 nitrogen and oxygen atoms in total. The molecule has 0 aromatic heterocycles. The Hall–Kier alpha value is -1.26. The molecule has 4 fully saturated rings. The lowest BCUT2D eigenvalue weighted by atomic mass is 9.65. The SMILES string of the molecule is CC(C)(C)OC(=O)N1C[C@@H]2C[C@H]1C2C1(C(=O)O)CC1. The first-order valence-corrected chi connectivity index (χ1v) is 6.98. The molecule has 4 rings (SSSR count). The van der Waals surface area contributed by atoms with Crippen molar-refractivity contribution in [3.63, 3.8) is 0 Å². The molecule has 5 heteroatoms. The van der Waals surface area contributed by atoms with E-state index >= 15 is 0 Å². The quantitative estimate of drug-likeness (QED) is 0.832. The van der Waals surface area contributed by atoms with Gasteiger partial charge in [0.1, 0.15) is 5.60 Å². The van der Waals surface area contributed by atoms with E-state index in [9.17, 15) is 14.7 Å². The first-order chi connectivity index (χ1) is 8.74. The van der Waals surface area contributed by atoms with Gasteiger partial charge >= 0.3 is 12.1 Å². The minimum atomic E-state index is -0.682. The second-order valence-corrected chi connectivity index (χ2v) is 7.18. The second-order valence-electron chi connectivity index (χ2n) is 7.18.